The van der Waals surface area contributed by atoms with E-state index in [0.717, 1.165) is 0 Å². The van der Waals surface area contributed by atoms with Crippen LogP contribution in [0.3, 0.4) is 0 Å². The van der Waals surface area contributed by atoms with Crippen LogP contribution in [0, 0.1) is 11.3 Å². The van der Waals surface area contributed by atoms with Gasteiger partial charge >= 0.3 is 0 Å². The maximum atomic E-state index is 13.7. The lowest BCUT2D eigenvalue weighted by Crippen LogP contribution is -2.14. The fourth-order valence-corrected chi connectivity index (χ4v) is 1.67. The minimum Gasteiger partial charge on any atom is -0.496 e. The molecule has 0 saturated heterocycles. The van der Waals surface area contributed by atoms with Gasteiger partial charge in [0.2, 0.25) is 0 Å². The Kier molecular flexibility index (Phi) is 4.25. The van der Waals surface area contributed by atoms with Gasteiger partial charge in [-0.2, -0.15) is 5.26 Å². The Morgan fingerprint density at radius 2 is 2.19 bits per heavy atom. The highest BCUT2D eigenvalue weighted by atomic mass is 79.9. The van der Waals surface area contributed by atoms with Crippen molar-refractivity contribution in [3.63, 3.8) is 0 Å². The predicted octanol–water partition coefficient (Wildman–Crippen LogP) is 3.85. The van der Waals surface area contributed by atoms with Crippen molar-refractivity contribution < 1.29 is 13.5 Å². The summed E-state index contributed by atoms with van der Waals surface area (Å²) in [4.78, 5) is 0. The fourth-order valence-electron chi connectivity index (χ4n) is 1.31. The van der Waals surface area contributed by atoms with E-state index in [9.17, 15) is 8.78 Å². The van der Waals surface area contributed by atoms with Crippen LogP contribution in [0.5, 0.6) is 5.75 Å². The first kappa shape index (κ1) is 12.9. The summed E-state index contributed by atoms with van der Waals surface area (Å²) in [5.74, 6) is -2.92. The molecule has 0 amide bonds. The molecule has 2 nitrogen and oxygen atoms in total. The van der Waals surface area contributed by atoms with Gasteiger partial charge in [0.25, 0.3) is 5.92 Å². The largest absolute Gasteiger partial charge is 0.496 e. The Balaban J connectivity index is 3.09. The summed E-state index contributed by atoms with van der Waals surface area (Å²) in [6.45, 7) is 0. The summed E-state index contributed by atoms with van der Waals surface area (Å²) in [6, 6.07) is 6.13. The number of rotatable bonds is 4. The van der Waals surface area contributed by atoms with Gasteiger partial charge in [0.15, 0.2) is 0 Å². The minimum atomic E-state index is -3.05. The molecule has 0 saturated carbocycles. The molecule has 0 bridgehead atoms. The number of hydrogen-bond acceptors (Lipinski definition) is 2. The Morgan fingerprint density at radius 3 is 2.75 bits per heavy atom. The number of methoxy groups -OCH3 is 1. The van der Waals surface area contributed by atoms with Crippen LogP contribution in [-0.4, -0.2) is 7.11 Å². The average molecular weight is 290 g/mol. The summed E-state index contributed by atoms with van der Waals surface area (Å²) in [7, 11) is 1.34. The van der Waals surface area contributed by atoms with E-state index in [2.05, 4.69) is 15.9 Å². The number of halogens is 3. The third-order valence-electron chi connectivity index (χ3n) is 2.11. The second-order valence-corrected chi connectivity index (χ2v) is 4.12. The molecule has 1 aromatic rings. The number of benzene rings is 1. The maximum Gasteiger partial charge on any atom is 0.277 e. The van der Waals surface area contributed by atoms with Gasteiger partial charge in [-0.05, 0) is 18.2 Å². The number of alkyl halides is 2. The molecule has 0 spiro atoms. The third kappa shape index (κ3) is 2.92. The Bertz CT molecular complexity index is 415. The van der Waals surface area contributed by atoms with Gasteiger partial charge in [-0.15, -0.1) is 0 Å². The summed E-state index contributed by atoms with van der Waals surface area (Å²) >= 11 is 3.13. The molecule has 0 heterocycles. The highest BCUT2D eigenvalue weighted by Crippen LogP contribution is 2.39. The van der Waals surface area contributed by atoms with Crippen molar-refractivity contribution in [1.82, 2.24) is 0 Å². The topological polar surface area (TPSA) is 33.0 Å². The lowest BCUT2D eigenvalue weighted by molar-refractivity contribution is -0.0140. The lowest BCUT2D eigenvalue weighted by Gasteiger charge is -2.18. The molecule has 16 heavy (non-hydrogen) atoms. The Morgan fingerprint density at radius 1 is 1.50 bits per heavy atom. The molecule has 0 radical (unpaired) electrons. The van der Waals surface area contributed by atoms with Crippen molar-refractivity contribution in [2.45, 2.75) is 18.8 Å². The van der Waals surface area contributed by atoms with Gasteiger partial charge < -0.3 is 4.74 Å². The van der Waals surface area contributed by atoms with Gasteiger partial charge in [0.05, 0.1) is 18.7 Å². The zero-order valence-electron chi connectivity index (χ0n) is 8.64. The summed E-state index contributed by atoms with van der Waals surface area (Å²) < 4.78 is 32.9. The van der Waals surface area contributed by atoms with Gasteiger partial charge in [-0.1, -0.05) is 15.9 Å². The first-order valence-electron chi connectivity index (χ1n) is 4.60. The molecule has 0 fully saturated rings. The molecule has 5 heteroatoms. The lowest BCUT2D eigenvalue weighted by atomic mass is 10.0. The molecule has 0 aliphatic carbocycles. The Labute approximate surface area is 101 Å². The van der Waals surface area contributed by atoms with E-state index < -0.39 is 12.3 Å². The van der Waals surface area contributed by atoms with E-state index in [1.165, 1.54) is 19.2 Å². The van der Waals surface area contributed by atoms with Gasteiger partial charge in [0.1, 0.15) is 5.75 Å². The number of nitriles is 1. The van der Waals surface area contributed by atoms with Crippen LogP contribution in [0.4, 0.5) is 8.78 Å². The minimum absolute atomic E-state index is 0.131. The second-order valence-electron chi connectivity index (χ2n) is 3.21. The van der Waals surface area contributed by atoms with Gasteiger partial charge in [0, 0.05) is 17.3 Å². The van der Waals surface area contributed by atoms with E-state index in [1.807, 2.05) is 0 Å². The number of ether oxygens (including phenoxy) is 1. The van der Waals surface area contributed by atoms with Crippen LogP contribution in [0.15, 0.2) is 22.7 Å². The summed E-state index contributed by atoms with van der Waals surface area (Å²) in [5, 5.41) is 8.33. The summed E-state index contributed by atoms with van der Waals surface area (Å²) in [6.07, 6.45) is -0.695. The second kappa shape index (κ2) is 5.26. The number of nitrogens with zero attached hydrogens (tertiary/aromatic N) is 1. The average Bonchev–Trinajstić information content (AvgIpc) is 2.26. The predicted molar refractivity (Wildman–Crippen MR) is 59.4 cm³/mol. The van der Waals surface area contributed by atoms with Crippen molar-refractivity contribution in [1.29, 1.82) is 5.26 Å². The first-order valence-corrected chi connectivity index (χ1v) is 5.39. The Hall–Kier alpha value is -1.15. The van der Waals surface area contributed by atoms with E-state index in [0.29, 0.717) is 4.47 Å². The fraction of sp³-hybridized carbons (Fsp3) is 0.364. The molecular formula is C11H10BrF2NO. The molecule has 86 valence electrons. The van der Waals surface area contributed by atoms with Crippen molar-refractivity contribution >= 4 is 15.9 Å². The molecule has 0 aliphatic heterocycles. The van der Waals surface area contributed by atoms with Gasteiger partial charge in [-0.25, -0.2) is 8.78 Å². The summed E-state index contributed by atoms with van der Waals surface area (Å²) in [5.41, 5.74) is -0.195. The van der Waals surface area contributed by atoms with Crippen LogP contribution in [0.2, 0.25) is 0 Å². The monoisotopic (exact) mass is 289 g/mol. The van der Waals surface area contributed by atoms with Crippen molar-refractivity contribution in [3.05, 3.63) is 28.2 Å². The molecular weight excluding hydrogens is 280 g/mol. The van der Waals surface area contributed by atoms with Crippen LogP contribution < -0.4 is 4.74 Å². The van der Waals surface area contributed by atoms with Crippen LogP contribution >= 0.6 is 15.9 Å². The first-order chi connectivity index (χ1) is 7.51. The zero-order chi connectivity index (χ0) is 12.2. The molecule has 0 aromatic heterocycles. The quantitative estimate of drug-likeness (QED) is 0.843. The van der Waals surface area contributed by atoms with Crippen molar-refractivity contribution in [2.24, 2.45) is 0 Å². The molecule has 0 unspecified atom stereocenters. The zero-order valence-corrected chi connectivity index (χ0v) is 10.2. The molecule has 0 N–H and O–H groups in total. The van der Waals surface area contributed by atoms with E-state index >= 15 is 0 Å². The highest BCUT2D eigenvalue weighted by Gasteiger charge is 2.34. The SMILES string of the molecule is COc1ccc(Br)cc1C(F)(F)CCC#N. The van der Waals surface area contributed by atoms with E-state index in [-0.39, 0.29) is 17.7 Å². The van der Waals surface area contributed by atoms with Crippen LogP contribution in [0.25, 0.3) is 0 Å². The third-order valence-corrected chi connectivity index (χ3v) is 2.60. The van der Waals surface area contributed by atoms with Crippen molar-refractivity contribution in [2.75, 3.05) is 7.11 Å². The van der Waals surface area contributed by atoms with Crippen LogP contribution in [-0.2, 0) is 5.92 Å². The standard InChI is InChI=1S/C11H10BrF2NO/c1-16-10-4-3-8(12)7-9(10)11(13,14)5-2-6-15/h3-4,7H,2,5H2,1H3. The van der Waals surface area contributed by atoms with E-state index in [1.54, 1.807) is 12.1 Å². The molecule has 0 atom stereocenters. The van der Waals surface area contributed by atoms with Gasteiger partial charge in [-0.3, -0.25) is 0 Å². The number of hydrogen-bond donors (Lipinski definition) is 0. The normalized spacial score (nSPS) is 10.9. The van der Waals surface area contributed by atoms with Crippen LogP contribution in [0.1, 0.15) is 18.4 Å². The molecule has 1 rings (SSSR count). The van der Waals surface area contributed by atoms with E-state index in [4.69, 9.17) is 10.00 Å². The molecule has 1 aromatic carbocycles. The highest BCUT2D eigenvalue weighted by molar-refractivity contribution is 9.10. The smallest absolute Gasteiger partial charge is 0.277 e. The maximum absolute atomic E-state index is 13.7. The molecule has 0 aliphatic rings. The van der Waals surface area contributed by atoms with Crippen molar-refractivity contribution in [3.8, 4) is 11.8 Å².